The minimum absolute atomic E-state index is 0.168. The SMILES string of the molecule is CCC(C)C(=O)OCC(=O)OC1(CCC(C)C)C2CC3CC(C2)CC1C3. The lowest BCUT2D eigenvalue weighted by molar-refractivity contribution is -0.216. The molecule has 0 aromatic rings. The Bertz CT molecular complexity index is 496. The van der Waals surface area contributed by atoms with Gasteiger partial charge < -0.3 is 9.47 Å². The van der Waals surface area contributed by atoms with Gasteiger partial charge in [0.2, 0.25) is 0 Å². The Balaban J connectivity index is 1.67. The first kappa shape index (κ1) is 19.7. The van der Waals surface area contributed by atoms with Gasteiger partial charge in [-0.2, -0.15) is 0 Å². The van der Waals surface area contributed by atoms with E-state index in [1.165, 1.54) is 32.1 Å². The maximum Gasteiger partial charge on any atom is 0.344 e. The molecule has 26 heavy (non-hydrogen) atoms. The van der Waals surface area contributed by atoms with E-state index in [1.807, 2.05) is 13.8 Å². The number of esters is 2. The van der Waals surface area contributed by atoms with E-state index < -0.39 is 0 Å². The summed E-state index contributed by atoms with van der Waals surface area (Å²) in [5.74, 6) is 2.48. The Hall–Kier alpha value is -1.06. The minimum atomic E-state index is -0.349. The third-order valence-electron chi connectivity index (χ3n) is 7.28. The maximum absolute atomic E-state index is 12.6. The van der Waals surface area contributed by atoms with Crippen molar-refractivity contribution in [2.75, 3.05) is 6.61 Å². The normalized spacial score (nSPS) is 36.2. The Labute approximate surface area is 158 Å². The second-order valence-corrected chi connectivity index (χ2v) is 9.58. The van der Waals surface area contributed by atoms with Gasteiger partial charge in [-0.05, 0) is 81.0 Å². The van der Waals surface area contributed by atoms with Crippen LogP contribution in [0.25, 0.3) is 0 Å². The van der Waals surface area contributed by atoms with E-state index in [1.54, 1.807) is 0 Å². The molecule has 4 nitrogen and oxygen atoms in total. The largest absolute Gasteiger partial charge is 0.456 e. The van der Waals surface area contributed by atoms with Crippen molar-refractivity contribution in [1.29, 1.82) is 0 Å². The van der Waals surface area contributed by atoms with E-state index in [-0.39, 0.29) is 30.1 Å². The highest BCUT2D eigenvalue weighted by Crippen LogP contribution is 2.61. The molecule has 4 fully saturated rings. The average Bonchev–Trinajstić information content (AvgIpc) is 2.60. The van der Waals surface area contributed by atoms with Crippen molar-refractivity contribution in [2.24, 2.45) is 35.5 Å². The zero-order valence-corrected chi connectivity index (χ0v) is 17.0. The highest BCUT2D eigenvalue weighted by Gasteiger charge is 2.59. The maximum atomic E-state index is 12.6. The molecule has 0 aromatic heterocycles. The van der Waals surface area contributed by atoms with Gasteiger partial charge in [-0.1, -0.05) is 27.7 Å². The molecule has 148 valence electrons. The Kier molecular flexibility index (Phi) is 5.98. The quantitative estimate of drug-likeness (QED) is 0.583. The van der Waals surface area contributed by atoms with Gasteiger partial charge in [0.15, 0.2) is 6.61 Å². The van der Waals surface area contributed by atoms with Gasteiger partial charge in [0, 0.05) is 0 Å². The second kappa shape index (κ2) is 7.90. The van der Waals surface area contributed by atoms with E-state index in [4.69, 9.17) is 9.47 Å². The molecule has 4 bridgehead atoms. The molecule has 1 unspecified atom stereocenters. The third kappa shape index (κ3) is 3.94. The number of hydrogen-bond acceptors (Lipinski definition) is 4. The van der Waals surface area contributed by atoms with Crippen LogP contribution in [0.1, 0.15) is 79.1 Å². The van der Waals surface area contributed by atoms with Crippen molar-refractivity contribution in [2.45, 2.75) is 84.7 Å². The topological polar surface area (TPSA) is 52.6 Å². The van der Waals surface area contributed by atoms with Crippen LogP contribution in [0, 0.1) is 35.5 Å². The molecule has 0 N–H and O–H groups in total. The first-order chi connectivity index (χ1) is 12.3. The van der Waals surface area contributed by atoms with Gasteiger partial charge in [0.25, 0.3) is 0 Å². The average molecular weight is 365 g/mol. The molecule has 1 atom stereocenters. The monoisotopic (exact) mass is 364 g/mol. The zero-order chi connectivity index (χ0) is 18.9. The lowest BCUT2D eigenvalue weighted by Gasteiger charge is -2.60. The Morgan fingerprint density at radius 2 is 1.58 bits per heavy atom. The molecule has 0 aromatic carbocycles. The van der Waals surface area contributed by atoms with Crippen LogP contribution in [0.4, 0.5) is 0 Å². The smallest absolute Gasteiger partial charge is 0.344 e. The van der Waals surface area contributed by atoms with Gasteiger partial charge >= 0.3 is 11.9 Å². The molecule has 0 spiro atoms. The van der Waals surface area contributed by atoms with Gasteiger partial charge in [-0.3, -0.25) is 4.79 Å². The molecule has 0 heterocycles. The van der Waals surface area contributed by atoms with E-state index in [9.17, 15) is 9.59 Å². The van der Waals surface area contributed by atoms with Crippen LogP contribution in [0.2, 0.25) is 0 Å². The number of carbonyl (C=O) groups excluding carboxylic acids is 2. The van der Waals surface area contributed by atoms with E-state index in [2.05, 4.69) is 13.8 Å². The van der Waals surface area contributed by atoms with Gasteiger partial charge in [-0.15, -0.1) is 0 Å². The molecule has 0 radical (unpaired) electrons. The van der Waals surface area contributed by atoms with E-state index >= 15 is 0 Å². The van der Waals surface area contributed by atoms with Crippen LogP contribution >= 0.6 is 0 Å². The molecular weight excluding hydrogens is 328 g/mol. The van der Waals surface area contributed by atoms with Crippen LogP contribution in [0.3, 0.4) is 0 Å². The lowest BCUT2D eigenvalue weighted by Crippen LogP contribution is -2.60. The molecule has 0 saturated heterocycles. The predicted octanol–water partition coefficient (Wildman–Crippen LogP) is 4.75. The van der Waals surface area contributed by atoms with Gasteiger partial charge in [0.05, 0.1) is 5.92 Å². The summed E-state index contributed by atoms with van der Waals surface area (Å²) in [6.45, 7) is 8.01. The molecule has 0 amide bonds. The molecule has 4 aliphatic carbocycles. The summed E-state index contributed by atoms with van der Waals surface area (Å²) in [6.07, 6.45) is 9.01. The van der Waals surface area contributed by atoms with Crippen LogP contribution in [-0.2, 0) is 19.1 Å². The zero-order valence-electron chi connectivity index (χ0n) is 17.0. The van der Waals surface area contributed by atoms with Crippen molar-refractivity contribution in [1.82, 2.24) is 0 Å². The summed E-state index contributed by atoms with van der Waals surface area (Å²) in [5.41, 5.74) is -0.308. The summed E-state index contributed by atoms with van der Waals surface area (Å²) in [7, 11) is 0. The number of ether oxygens (including phenoxy) is 2. The van der Waals surface area contributed by atoms with Crippen molar-refractivity contribution < 1.29 is 19.1 Å². The van der Waals surface area contributed by atoms with Crippen LogP contribution in [0.15, 0.2) is 0 Å². The summed E-state index contributed by atoms with van der Waals surface area (Å²) >= 11 is 0. The summed E-state index contributed by atoms with van der Waals surface area (Å²) < 4.78 is 11.4. The number of hydrogen-bond donors (Lipinski definition) is 0. The van der Waals surface area contributed by atoms with Crippen molar-refractivity contribution >= 4 is 11.9 Å². The fraction of sp³-hybridized carbons (Fsp3) is 0.909. The lowest BCUT2D eigenvalue weighted by atomic mass is 9.49. The predicted molar refractivity (Wildman–Crippen MR) is 100 cm³/mol. The first-order valence-corrected chi connectivity index (χ1v) is 10.7. The standard InChI is InChI=1S/C22H36O4/c1-5-15(4)21(24)25-13-20(23)26-22(7-6-14(2)3)18-9-16-8-17(11-18)12-19(22)10-16/h14-19H,5-13H2,1-4H3. The number of carbonyl (C=O) groups is 2. The first-order valence-electron chi connectivity index (χ1n) is 10.7. The van der Waals surface area contributed by atoms with Crippen LogP contribution in [-0.4, -0.2) is 24.1 Å². The van der Waals surface area contributed by atoms with Crippen molar-refractivity contribution in [3.05, 3.63) is 0 Å². The number of rotatable bonds is 8. The van der Waals surface area contributed by atoms with Gasteiger partial charge in [-0.25, -0.2) is 4.79 Å². The molecule has 4 aliphatic rings. The molecule has 4 saturated carbocycles. The summed E-state index contributed by atoms with van der Waals surface area (Å²) in [5, 5.41) is 0. The fourth-order valence-corrected chi connectivity index (χ4v) is 5.80. The van der Waals surface area contributed by atoms with E-state index in [0.29, 0.717) is 17.8 Å². The Morgan fingerprint density at radius 1 is 1.00 bits per heavy atom. The van der Waals surface area contributed by atoms with Crippen LogP contribution in [0.5, 0.6) is 0 Å². The summed E-state index contributed by atoms with van der Waals surface area (Å²) in [6, 6.07) is 0. The van der Waals surface area contributed by atoms with Crippen molar-refractivity contribution in [3.8, 4) is 0 Å². The van der Waals surface area contributed by atoms with Crippen molar-refractivity contribution in [3.63, 3.8) is 0 Å². The molecule has 4 heteroatoms. The fourth-order valence-electron chi connectivity index (χ4n) is 5.80. The summed E-state index contributed by atoms with van der Waals surface area (Å²) in [4.78, 5) is 24.5. The van der Waals surface area contributed by atoms with E-state index in [0.717, 1.165) is 31.1 Å². The molecule has 0 aliphatic heterocycles. The highest BCUT2D eigenvalue weighted by atomic mass is 16.6. The third-order valence-corrected chi connectivity index (χ3v) is 7.28. The highest BCUT2D eigenvalue weighted by molar-refractivity contribution is 5.77. The molecular formula is C22H36O4. The van der Waals surface area contributed by atoms with Crippen LogP contribution < -0.4 is 0 Å². The Morgan fingerprint density at radius 3 is 2.08 bits per heavy atom. The molecule has 4 rings (SSSR count). The van der Waals surface area contributed by atoms with Gasteiger partial charge in [0.1, 0.15) is 5.60 Å². The second-order valence-electron chi connectivity index (χ2n) is 9.58. The minimum Gasteiger partial charge on any atom is -0.456 e.